The van der Waals surface area contributed by atoms with Gasteiger partial charge in [0.25, 0.3) is 5.91 Å². The number of esters is 1. The fourth-order valence-electron chi connectivity index (χ4n) is 1.55. The molecule has 0 saturated heterocycles. The summed E-state index contributed by atoms with van der Waals surface area (Å²) in [6.07, 6.45) is 0. The third-order valence-electron chi connectivity index (χ3n) is 2.54. The minimum Gasteiger partial charge on any atom is -0.458 e. The Morgan fingerprint density at radius 3 is 2.45 bits per heavy atom. The highest BCUT2D eigenvalue weighted by atomic mass is 127. The van der Waals surface area contributed by atoms with Crippen molar-refractivity contribution in [2.45, 2.75) is 46.3 Å². The first-order valence-corrected chi connectivity index (χ1v) is 7.48. The third-order valence-corrected chi connectivity index (χ3v) is 3.98. The number of aryl methyl sites for hydroxylation is 1. The van der Waals surface area contributed by atoms with Crippen LogP contribution in [0.15, 0.2) is 18.2 Å². The molecule has 110 valence electrons. The Balaban J connectivity index is 2.76. The third kappa shape index (κ3) is 4.77. The van der Waals surface area contributed by atoms with Crippen molar-refractivity contribution in [1.82, 2.24) is 5.32 Å². The number of rotatable bonds is 3. The predicted octanol–water partition coefficient (Wildman–Crippen LogP) is 3.06. The monoisotopic (exact) mass is 389 g/mol. The number of hydrogen-bond acceptors (Lipinski definition) is 3. The van der Waals surface area contributed by atoms with E-state index in [-0.39, 0.29) is 5.91 Å². The van der Waals surface area contributed by atoms with Gasteiger partial charge in [0, 0.05) is 3.57 Å². The Bertz CT molecular complexity index is 520. The Morgan fingerprint density at radius 2 is 1.90 bits per heavy atom. The molecule has 1 aromatic carbocycles. The van der Waals surface area contributed by atoms with Crippen LogP contribution in [0.25, 0.3) is 0 Å². The van der Waals surface area contributed by atoms with Gasteiger partial charge in [0.05, 0.1) is 5.56 Å². The summed E-state index contributed by atoms with van der Waals surface area (Å²) < 4.78 is 6.12. The van der Waals surface area contributed by atoms with Gasteiger partial charge < -0.3 is 10.1 Å². The summed E-state index contributed by atoms with van der Waals surface area (Å²) in [4.78, 5) is 24.0. The molecule has 5 heteroatoms. The van der Waals surface area contributed by atoms with E-state index >= 15 is 0 Å². The summed E-state index contributed by atoms with van der Waals surface area (Å²) in [5.41, 5.74) is 1.04. The molecule has 0 fully saturated rings. The molecular formula is C15H20INO3. The van der Waals surface area contributed by atoms with Crippen molar-refractivity contribution in [1.29, 1.82) is 0 Å². The number of ether oxygens (including phenoxy) is 1. The van der Waals surface area contributed by atoms with E-state index < -0.39 is 17.6 Å². The Labute approximate surface area is 133 Å². The molecule has 0 aliphatic heterocycles. The van der Waals surface area contributed by atoms with Crippen molar-refractivity contribution in [2.24, 2.45) is 0 Å². The van der Waals surface area contributed by atoms with Gasteiger partial charge >= 0.3 is 5.97 Å². The fourth-order valence-corrected chi connectivity index (χ4v) is 2.15. The van der Waals surface area contributed by atoms with Gasteiger partial charge in [-0.3, -0.25) is 4.79 Å². The van der Waals surface area contributed by atoms with E-state index in [1.54, 1.807) is 33.8 Å². The average Bonchev–Trinajstić information content (AvgIpc) is 2.30. The molecule has 0 aliphatic rings. The molecule has 0 radical (unpaired) electrons. The van der Waals surface area contributed by atoms with Crippen LogP contribution in [0, 0.1) is 10.5 Å². The molecular weight excluding hydrogens is 369 g/mol. The fraction of sp³-hybridized carbons (Fsp3) is 0.467. The van der Waals surface area contributed by atoms with Crippen LogP contribution in [0.4, 0.5) is 0 Å². The van der Waals surface area contributed by atoms with Crippen molar-refractivity contribution in [3.8, 4) is 0 Å². The quantitative estimate of drug-likeness (QED) is 0.639. The summed E-state index contributed by atoms with van der Waals surface area (Å²) in [6.45, 7) is 8.94. The van der Waals surface area contributed by atoms with Crippen LogP contribution in [-0.4, -0.2) is 23.5 Å². The normalized spacial score (nSPS) is 12.7. The molecule has 1 amide bonds. The lowest BCUT2D eigenvalue weighted by atomic mass is 10.1. The molecule has 0 aliphatic carbocycles. The molecule has 0 aromatic heterocycles. The van der Waals surface area contributed by atoms with Gasteiger partial charge in [-0.2, -0.15) is 0 Å². The van der Waals surface area contributed by atoms with Crippen LogP contribution in [0.2, 0.25) is 0 Å². The van der Waals surface area contributed by atoms with Crippen LogP contribution in [-0.2, 0) is 9.53 Å². The minimum absolute atomic E-state index is 0.267. The highest BCUT2D eigenvalue weighted by Gasteiger charge is 2.24. The lowest BCUT2D eigenvalue weighted by molar-refractivity contribution is -0.156. The zero-order valence-corrected chi connectivity index (χ0v) is 14.6. The Kier molecular flexibility index (Phi) is 5.56. The standard InChI is InChI=1S/C15H20INO3/c1-9-7-6-8-11(12(9)16)13(18)17-10(2)14(19)20-15(3,4)5/h6-8,10H,1-5H3,(H,17,18)/t10-/m0/s1. The molecule has 1 aromatic rings. The summed E-state index contributed by atoms with van der Waals surface area (Å²) in [5.74, 6) is -0.704. The van der Waals surface area contributed by atoms with Gasteiger partial charge in [-0.1, -0.05) is 12.1 Å². The van der Waals surface area contributed by atoms with E-state index in [1.807, 2.05) is 19.1 Å². The molecule has 4 nitrogen and oxygen atoms in total. The van der Waals surface area contributed by atoms with Crippen LogP contribution in [0.3, 0.4) is 0 Å². The minimum atomic E-state index is -0.682. The number of halogens is 1. The van der Waals surface area contributed by atoms with Gasteiger partial charge in [-0.05, 0) is 68.8 Å². The van der Waals surface area contributed by atoms with E-state index in [0.29, 0.717) is 5.56 Å². The zero-order valence-electron chi connectivity index (χ0n) is 12.4. The largest absolute Gasteiger partial charge is 0.458 e. The summed E-state index contributed by atoms with van der Waals surface area (Å²) in [5, 5.41) is 2.67. The lowest BCUT2D eigenvalue weighted by Crippen LogP contribution is -2.42. The number of benzene rings is 1. The van der Waals surface area contributed by atoms with Gasteiger partial charge in [0.2, 0.25) is 0 Å². The van der Waals surface area contributed by atoms with Gasteiger partial charge in [0.15, 0.2) is 0 Å². The number of carbonyl (C=O) groups excluding carboxylic acids is 2. The highest BCUT2D eigenvalue weighted by molar-refractivity contribution is 14.1. The van der Waals surface area contributed by atoms with Crippen LogP contribution in [0.1, 0.15) is 43.6 Å². The predicted molar refractivity (Wildman–Crippen MR) is 86.7 cm³/mol. The number of nitrogens with one attached hydrogen (secondary N) is 1. The average molecular weight is 389 g/mol. The number of carbonyl (C=O) groups is 2. The second-order valence-electron chi connectivity index (χ2n) is 5.67. The van der Waals surface area contributed by atoms with Crippen LogP contribution >= 0.6 is 22.6 Å². The molecule has 1 N–H and O–H groups in total. The van der Waals surface area contributed by atoms with E-state index in [4.69, 9.17) is 4.74 Å². The first kappa shape index (κ1) is 16.9. The van der Waals surface area contributed by atoms with Gasteiger partial charge in [-0.15, -0.1) is 0 Å². The molecule has 20 heavy (non-hydrogen) atoms. The topological polar surface area (TPSA) is 55.4 Å². The van der Waals surface area contributed by atoms with Crippen LogP contribution < -0.4 is 5.32 Å². The molecule has 1 atom stereocenters. The van der Waals surface area contributed by atoms with Crippen molar-refractivity contribution in [3.05, 3.63) is 32.9 Å². The van der Waals surface area contributed by atoms with Crippen molar-refractivity contribution in [2.75, 3.05) is 0 Å². The smallest absolute Gasteiger partial charge is 0.328 e. The maximum atomic E-state index is 12.2. The first-order chi connectivity index (χ1) is 9.11. The van der Waals surface area contributed by atoms with Crippen molar-refractivity contribution >= 4 is 34.5 Å². The summed E-state index contributed by atoms with van der Waals surface area (Å²) in [7, 11) is 0. The molecule has 0 heterocycles. The second-order valence-corrected chi connectivity index (χ2v) is 6.74. The molecule has 0 bridgehead atoms. The van der Waals surface area contributed by atoms with E-state index in [1.165, 1.54) is 0 Å². The summed E-state index contributed by atoms with van der Waals surface area (Å²) >= 11 is 2.13. The van der Waals surface area contributed by atoms with Gasteiger partial charge in [0.1, 0.15) is 11.6 Å². The molecule has 0 unspecified atom stereocenters. The van der Waals surface area contributed by atoms with E-state index in [0.717, 1.165) is 9.13 Å². The second kappa shape index (κ2) is 6.56. The first-order valence-electron chi connectivity index (χ1n) is 6.40. The zero-order chi connectivity index (χ0) is 15.5. The maximum Gasteiger partial charge on any atom is 0.328 e. The highest BCUT2D eigenvalue weighted by Crippen LogP contribution is 2.17. The van der Waals surface area contributed by atoms with Crippen molar-refractivity contribution in [3.63, 3.8) is 0 Å². The van der Waals surface area contributed by atoms with E-state index in [2.05, 4.69) is 27.9 Å². The molecule has 0 spiro atoms. The van der Waals surface area contributed by atoms with Crippen molar-refractivity contribution < 1.29 is 14.3 Å². The lowest BCUT2D eigenvalue weighted by Gasteiger charge is -2.22. The Hall–Kier alpha value is -1.11. The number of amides is 1. The van der Waals surface area contributed by atoms with Gasteiger partial charge in [-0.25, -0.2) is 4.79 Å². The van der Waals surface area contributed by atoms with Crippen LogP contribution in [0.5, 0.6) is 0 Å². The molecule has 0 saturated carbocycles. The number of hydrogen-bond donors (Lipinski definition) is 1. The SMILES string of the molecule is Cc1cccc(C(=O)N[C@@H](C)C(=O)OC(C)(C)C)c1I. The van der Waals surface area contributed by atoms with E-state index in [9.17, 15) is 9.59 Å². The summed E-state index contributed by atoms with van der Waals surface area (Å²) in [6, 6.07) is 4.82. The molecule has 1 rings (SSSR count). The maximum absolute atomic E-state index is 12.2. The Morgan fingerprint density at radius 1 is 1.30 bits per heavy atom.